The first kappa shape index (κ1) is 19.6. The van der Waals surface area contributed by atoms with E-state index in [-0.39, 0.29) is 30.5 Å². The van der Waals surface area contributed by atoms with Crippen LogP contribution in [0.2, 0.25) is 0 Å². The Hall–Kier alpha value is -3.67. The van der Waals surface area contributed by atoms with Gasteiger partial charge >= 0.3 is 0 Å². The third-order valence-corrected chi connectivity index (χ3v) is 5.02. The molecule has 1 N–H and O–H groups in total. The Morgan fingerprint density at radius 1 is 1.00 bits per heavy atom. The molecule has 1 atom stereocenters. The molecule has 0 radical (unpaired) electrons. The molecule has 5 nitrogen and oxygen atoms in total. The topological polar surface area (TPSA) is 58.6 Å². The predicted molar refractivity (Wildman–Crippen MR) is 113 cm³/mol. The largest absolute Gasteiger partial charge is 0.489 e. The van der Waals surface area contributed by atoms with E-state index in [0.717, 1.165) is 5.56 Å². The lowest BCUT2D eigenvalue weighted by molar-refractivity contribution is -0.122. The molecule has 3 aromatic carbocycles. The van der Waals surface area contributed by atoms with Gasteiger partial charge in [-0.05, 0) is 42.0 Å². The highest BCUT2D eigenvalue weighted by molar-refractivity contribution is 6.03. The van der Waals surface area contributed by atoms with Crippen molar-refractivity contribution in [3.05, 3.63) is 90.2 Å². The highest BCUT2D eigenvalue weighted by Gasteiger charge is 2.35. The van der Waals surface area contributed by atoms with Gasteiger partial charge in [-0.1, -0.05) is 42.5 Å². The van der Waals surface area contributed by atoms with Crippen molar-refractivity contribution < 1.29 is 18.7 Å². The number of hydrogen-bond donors (Lipinski definition) is 1. The molecule has 6 heteroatoms. The number of ether oxygens (including phenoxy) is 1. The molecule has 3 aromatic rings. The van der Waals surface area contributed by atoms with E-state index in [1.165, 1.54) is 12.1 Å². The second-order valence-electron chi connectivity index (χ2n) is 7.14. The maximum Gasteiger partial charge on any atom is 0.229 e. The molecule has 0 aromatic heterocycles. The zero-order valence-corrected chi connectivity index (χ0v) is 16.3. The third kappa shape index (κ3) is 4.49. The molecule has 1 saturated heterocycles. The smallest absolute Gasteiger partial charge is 0.229 e. The van der Waals surface area contributed by atoms with Crippen LogP contribution in [0.1, 0.15) is 12.0 Å². The highest BCUT2D eigenvalue weighted by atomic mass is 19.1. The second-order valence-corrected chi connectivity index (χ2v) is 7.14. The summed E-state index contributed by atoms with van der Waals surface area (Å²) in [6.45, 7) is 0.713. The van der Waals surface area contributed by atoms with Crippen LogP contribution in [0.4, 0.5) is 15.8 Å². The number of hydrogen-bond acceptors (Lipinski definition) is 3. The fraction of sp³-hybridized carbons (Fsp3) is 0.167. The van der Waals surface area contributed by atoms with Gasteiger partial charge in [0.1, 0.15) is 18.2 Å². The number of rotatable bonds is 6. The van der Waals surface area contributed by atoms with Gasteiger partial charge in [0.05, 0.1) is 11.6 Å². The predicted octanol–water partition coefficient (Wildman–Crippen LogP) is 4.40. The Bertz CT molecular complexity index is 1040. The van der Waals surface area contributed by atoms with E-state index in [1.807, 2.05) is 30.3 Å². The number of nitrogens with zero attached hydrogens (tertiary/aromatic N) is 1. The molecule has 1 heterocycles. The van der Waals surface area contributed by atoms with Gasteiger partial charge in [-0.15, -0.1) is 0 Å². The minimum atomic E-state index is -0.536. The summed E-state index contributed by atoms with van der Waals surface area (Å²) in [6.07, 6.45) is 0.0898. The standard InChI is InChI=1S/C24H21FN2O3/c25-21-8-4-5-9-22(21)26-24(29)18-14-23(28)27(15-18)19-10-12-20(13-11-19)30-16-17-6-2-1-3-7-17/h1-13,18H,14-16H2,(H,26,29). The minimum absolute atomic E-state index is 0.0898. The van der Waals surface area contributed by atoms with Crippen LogP contribution >= 0.6 is 0 Å². The van der Waals surface area contributed by atoms with Crippen LogP contribution in [-0.4, -0.2) is 18.4 Å². The Labute approximate surface area is 174 Å². The molecule has 1 unspecified atom stereocenters. The molecule has 152 valence electrons. The first-order chi connectivity index (χ1) is 14.6. The fourth-order valence-electron chi connectivity index (χ4n) is 3.39. The van der Waals surface area contributed by atoms with Crippen LogP contribution in [0.5, 0.6) is 5.75 Å². The Morgan fingerprint density at radius 2 is 1.70 bits per heavy atom. The first-order valence-electron chi connectivity index (χ1n) is 9.73. The average molecular weight is 404 g/mol. The van der Waals surface area contributed by atoms with Gasteiger partial charge in [-0.3, -0.25) is 9.59 Å². The number of halogens is 1. The summed E-state index contributed by atoms with van der Waals surface area (Å²) in [5.74, 6) is -0.840. The SMILES string of the molecule is O=C(Nc1ccccc1F)C1CC(=O)N(c2ccc(OCc3ccccc3)cc2)C1. The van der Waals surface area contributed by atoms with Gasteiger partial charge < -0.3 is 15.0 Å². The van der Waals surface area contributed by atoms with E-state index in [2.05, 4.69) is 5.32 Å². The molecule has 4 rings (SSSR count). The van der Waals surface area contributed by atoms with Crippen LogP contribution < -0.4 is 15.0 Å². The highest BCUT2D eigenvalue weighted by Crippen LogP contribution is 2.28. The number of nitrogens with one attached hydrogen (secondary N) is 1. The van der Waals surface area contributed by atoms with Crippen molar-refractivity contribution in [3.8, 4) is 5.75 Å². The summed E-state index contributed by atoms with van der Waals surface area (Å²) in [6, 6.07) is 23.0. The van der Waals surface area contributed by atoms with Gasteiger partial charge in [-0.2, -0.15) is 0 Å². The number of carbonyl (C=O) groups excluding carboxylic acids is 2. The maximum absolute atomic E-state index is 13.8. The van der Waals surface area contributed by atoms with Gasteiger partial charge in [0, 0.05) is 18.7 Å². The Kier molecular flexibility index (Phi) is 5.75. The lowest BCUT2D eigenvalue weighted by Crippen LogP contribution is -2.28. The fourth-order valence-corrected chi connectivity index (χ4v) is 3.39. The van der Waals surface area contributed by atoms with Gasteiger partial charge in [0.15, 0.2) is 0 Å². The van der Waals surface area contributed by atoms with E-state index >= 15 is 0 Å². The van der Waals surface area contributed by atoms with Crippen LogP contribution in [0, 0.1) is 11.7 Å². The molecule has 2 amide bonds. The van der Waals surface area contributed by atoms with Gasteiger partial charge in [-0.25, -0.2) is 4.39 Å². The molecular formula is C24H21FN2O3. The summed E-state index contributed by atoms with van der Waals surface area (Å²) in [7, 11) is 0. The van der Waals surface area contributed by atoms with Crippen LogP contribution in [-0.2, 0) is 16.2 Å². The summed E-state index contributed by atoms with van der Waals surface area (Å²) in [5, 5.41) is 2.57. The molecule has 0 saturated carbocycles. The Balaban J connectivity index is 1.36. The van der Waals surface area contributed by atoms with E-state index in [9.17, 15) is 14.0 Å². The van der Waals surface area contributed by atoms with Crippen molar-refractivity contribution in [2.24, 2.45) is 5.92 Å². The zero-order valence-electron chi connectivity index (χ0n) is 16.3. The minimum Gasteiger partial charge on any atom is -0.489 e. The molecular weight excluding hydrogens is 383 g/mol. The molecule has 1 aliphatic rings. The second kappa shape index (κ2) is 8.78. The summed E-state index contributed by atoms with van der Waals surface area (Å²) in [5.41, 5.74) is 1.89. The van der Waals surface area contributed by atoms with Crippen molar-refractivity contribution in [1.29, 1.82) is 0 Å². The summed E-state index contributed by atoms with van der Waals surface area (Å²) < 4.78 is 19.5. The number of amides is 2. The number of para-hydroxylation sites is 1. The zero-order chi connectivity index (χ0) is 20.9. The normalized spacial score (nSPS) is 15.8. The number of anilines is 2. The molecule has 1 aliphatic heterocycles. The molecule has 0 bridgehead atoms. The first-order valence-corrected chi connectivity index (χ1v) is 9.73. The monoisotopic (exact) mass is 404 g/mol. The molecule has 0 spiro atoms. The molecule has 30 heavy (non-hydrogen) atoms. The van der Waals surface area contributed by atoms with Crippen molar-refractivity contribution in [2.75, 3.05) is 16.8 Å². The van der Waals surface area contributed by atoms with E-state index in [0.29, 0.717) is 18.0 Å². The van der Waals surface area contributed by atoms with E-state index < -0.39 is 11.7 Å². The van der Waals surface area contributed by atoms with Crippen LogP contribution in [0.3, 0.4) is 0 Å². The number of benzene rings is 3. The molecule has 0 aliphatic carbocycles. The quantitative estimate of drug-likeness (QED) is 0.663. The van der Waals surface area contributed by atoms with Crippen molar-refractivity contribution in [3.63, 3.8) is 0 Å². The Morgan fingerprint density at radius 3 is 2.43 bits per heavy atom. The summed E-state index contributed by atoms with van der Waals surface area (Å²) >= 11 is 0. The van der Waals surface area contributed by atoms with E-state index in [4.69, 9.17) is 4.74 Å². The molecule has 1 fully saturated rings. The van der Waals surface area contributed by atoms with Crippen LogP contribution in [0.15, 0.2) is 78.9 Å². The lowest BCUT2D eigenvalue weighted by atomic mass is 10.1. The third-order valence-electron chi connectivity index (χ3n) is 5.02. The average Bonchev–Trinajstić information content (AvgIpc) is 3.17. The maximum atomic E-state index is 13.8. The van der Waals surface area contributed by atoms with Gasteiger partial charge in [0.2, 0.25) is 11.8 Å². The summed E-state index contributed by atoms with van der Waals surface area (Å²) in [4.78, 5) is 26.5. The van der Waals surface area contributed by atoms with E-state index in [1.54, 1.807) is 41.3 Å². The van der Waals surface area contributed by atoms with Crippen molar-refractivity contribution in [1.82, 2.24) is 0 Å². The van der Waals surface area contributed by atoms with Crippen molar-refractivity contribution >= 4 is 23.2 Å². The van der Waals surface area contributed by atoms with Gasteiger partial charge in [0.25, 0.3) is 0 Å². The van der Waals surface area contributed by atoms with Crippen LogP contribution in [0.25, 0.3) is 0 Å². The van der Waals surface area contributed by atoms with Crippen molar-refractivity contribution in [2.45, 2.75) is 13.0 Å². The lowest BCUT2D eigenvalue weighted by Gasteiger charge is -2.17. The number of carbonyl (C=O) groups is 2.